The lowest BCUT2D eigenvalue weighted by Crippen LogP contribution is -2.24. The molecule has 1 saturated carbocycles. The molecule has 0 bridgehead atoms. The van der Waals surface area contributed by atoms with Crippen LogP contribution in [0.15, 0.2) is 0 Å². The maximum atomic E-state index is 10.4. The molecule has 0 heterocycles. The van der Waals surface area contributed by atoms with Gasteiger partial charge in [0.25, 0.3) is 0 Å². The minimum atomic E-state index is -1.40. The van der Waals surface area contributed by atoms with Gasteiger partial charge in [0.15, 0.2) is 0 Å². The van der Waals surface area contributed by atoms with E-state index in [9.17, 15) is 9.59 Å². The SMILES string of the molecule is O=C(O)C1CC1(CO)C(=O)O. The minimum absolute atomic E-state index is 0.0359. The van der Waals surface area contributed by atoms with Crippen molar-refractivity contribution in [1.82, 2.24) is 0 Å². The van der Waals surface area contributed by atoms with Gasteiger partial charge in [-0.2, -0.15) is 0 Å². The van der Waals surface area contributed by atoms with Crippen molar-refractivity contribution < 1.29 is 24.9 Å². The van der Waals surface area contributed by atoms with Gasteiger partial charge in [0, 0.05) is 0 Å². The molecule has 2 atom stereocenters. The van der Waals surface area contributed by atoms with E-state index in [0.29, 0.717) is 0 Å². The lowest BCUT2D eigenvalue weighted by molar-refractivity contribution is -0.150. The van der Waals surface area contributed by atoms with Gasteiger partial charge < -0.3 is 15.3 Å². The van der Waals surface area contributed by atoms with E-state index in [1.165, 1.54) is 0 Å². The second kappa shape index (κ2) is 2.20. The molecule has 0 aliphatic heterocycles. The average Bonchev–Trinajstić information content (AvgIpc) is 2.62. The minimum Gasteiger partial charge on any atom is -0.481 e. The van der Waals surface area contributed by atoms with E-state index >= 15 is 0 Å². The van der Waals surface area contributed by atoms with Crippen LogP contribution in [0.1, 0.15) is 6.42 Å². The second-order valence-electron chi connectivity index (χ2n) is 2.71. The van der Waals surface area contributed by atoms with Gasteiger partial charge in [-0.15, -0.1) is 0 Å². The van der Waals surface area contributed by atoms with Gasteiger partial charge in [0.1, 0.15) is 5.41 Å². The van der Waals surface area contributed by atoms with Crippen LogP contribution in [0.3, 0.4) is 0 Å². The molecule has 11 heavy (non-hydrogen) atoms. The number of carboxylic acid groups (broad SMARTS) is 2. The highest BCUT2D eigenvalue weighted by molar-refractivity contribution is 5.89. The smallest absolute Gasteiger partial charge is 0.312 e. The quantitative estimate of drug-likeness (QED) is 0.500. The predicted molar refractivity (Wildman–Crippen MR) is 32.9 cm³/mol. The second-order valence-corrected chi connectivity index (χ2v) is 2.71. The first-order valence-corrected chi connectivity index (χ1v) is 3.11. The van der Waals surface area contributed by atoms with Gasteiger partial charge >= 0.3 is 11.9 Å². The Kier molecular flexibility index (Phi) is 1.60. The molecular formula is C6H8O5. The fourth-order valence-corrected chi connectivity index (χ4v) is 1.11. The highest BCUT2D eigenvalue weighted by atomic mass is 16.4. The highest BCUT2D eigenvalue weighted by Crippen LogP contribution is 2.52. The molecule has 0 saturated heterocycles. The highest BCUT2D eigenvalue weighted by Gasteiger charge is 2.64. The molecule has 62 valence electrons. The molecule has 1 rings (SSSR count). The van der Waals surface area contributed by atoms with Gasteiger partial charge in [0.05, 0.1) is 12.5 Å². The monoisotopic (exact) mass is 160 g/mol. The summed E-state index contributed by atoms with van der Waals surface area (Å²) in [5, 5.41) is 25.5. The Balaban J connectivity index is 2.71. The van der Waals surface area contributed by atoms with Crippen LogP contribution in [0.2, 0.25) is 0 Å². The Hall–Kier alpha value is -1.10. The Morgan fingerprint density at radius 2 is 2.00 bits per heavy atom. The number of carbonyl (C=O) groups is 2. The predicted octanol–water partition coefficient (Wildman–Crippen LogP) is -0.846. The zero-order valence-electron chi connectivity index (χ0n) is 5.65. The average molecular weight is 160 g/mol. The summed E-state index contributed by atoms with van der Waals surface area (Å²) >= 11 is 0. The molecule has 0 amide bonds. The zero-order chi connectivity index (χ0) is 8.65. The molecule has 3 N–H and O–H groups in total. The summed E-state index contributed by atoms with van der Waals surface area (Å²) in [7, 11) is 0. The van der Waals surface area contributed by atoms with E-state index in [1.807, 2.05) is 0 Å². The van der Waals surface area contributed by atoms with Crippen molar-refractivity contribution in [3.8, 4) is 0 Å². The van der Waals surface area contributed by atoms with E-state index in [-0.39, 0.29) is 6.42 Å². The van der Waals surface area contributed by atoms with E-state index in [2.05, 4.69) is 0 Å². The van der Waals surface area contributed by atoms with Crippen LogP contribution in [-0.4, -0.2) is 33.9 Å². The summed E-state index contributed by atoms with van der Waals surface area (Å²) in [4.78, 5) is 20.7. The largest absolute Gasteiger partial charge is 0.481 e. The molecule has 5 heteroatoms. The molecule has 1 aliphatic rings. The zero-order valence-corrected chi connectivity index (χ0v) is 5.65. The Morgan fingerprint density at radius 3 is 2.09 bits per heavy atom. The molecule has 0 radical (unpaired) electrons. The first-order valence-electron chi connectivity index (χ1n) is 3.11. The third-order valence-corrected chi connectivity index (χ3v) is 2.08. The summed E-state index contributed by atoms with van der Waals surface area (Å²) in [5.74, 6) is -3.29. The maximum Gasteiger partial charge on any atom is 0.312 e. The number of aliphatic hydroxyl groups is 1. The van der Waals surface area contributed by atoms with Gasteiger partial charge in [-0.3, -0.25) is 9.59 Å². The number of aliphatic carboxylic acids is 2. The van der Waals surface area contributed by atoms with E-state index in [0.717, 1.165) is 0 Å². The van der Waals surface area contributed by atoms with Crippen LogP contribution < -0.4 is 0 Å². The van der Waals surface area contributed by atoms with Crippen molar-refractivity contribution in [2.45, 2.75) is 6.42 Å². The number of hydrogen-bond acceptors (Lipinski definition) is 3. The number of rotatable bonds is 3. The first kappa shape index (κ1) is 8.00. The van der Waals surface area contributed by atoms with Crippen LogP contribution in [0.4, 0.5) is 0 Å². The summed E-state index contributed by atoms with van der Waals surface area (Å²) in [6.45, 7) is -0.598. The first-order chi connectivity index (χ1) is 5.04. The van der Waals surface area contributed by atoms with Crippen molar-refractivity contribution in [2.75, 3.05) is 6.61 Å². The van der Waals surface area contributed by atoms with Crippen molar-refractivity contribution in [3.63, 3.8) is 0 Å². The van der Waals surface area contributed by atoms with E-state index in [1.54, 1.807) is 0 Å². The van der Waals surface area contributed by atoms with Crippen molar-refractivity contribution in [3.05, 3.63) is 0 Å². The van der Waals surface area contributed by atoms with Crippen LogP contribution >= 0.6 is 0 Å². The van der Waals surface area contributed by atoms with Crippen molar-refractivity contribution in [1.29, 1.82) is 0 Å². The lowest BCUT2D eigenvalue weighted by atomic mass is 10.1. The summed E-state index contributed by atoms with van der Waals surface area (Å²) < 4.78 is 0. The van der Waals surface area contributed by atoms with Crippen LogP contribution in [0.5, 0.6) is 0 Å². The fraction of sp³-hybridized carbons (Fsp3) is 0.667. The fourth-order valence-electron chi connectivity index (χ4n) is 1.11. The van der Waals surface area contributed by atoms with Gasteiger partial charge in [0.2, 0.25) is 0 Å². The molecule has 0 aromatic rings. The van der Waals surface area contributed by atoms with Gasteiger partial charge in [-0.1, -0.05) is 0 Å². The number of carboxylic acids is 2. The summed E-state index contributed by atoms with van der Waals surface area (Å²) in [6, 6.07) is 0. The summed E-state index contributed by atoms with van der Waals surface area (Å²) in [5.41, 5.74) is -1.40. The topological polar surface area (TPSA) is 94.8 Å². The molecule has 2 unspecified atom stereocenters. The van der Waals surface area contributed by atoms with Gasteiger partial charge in [-0.05, 0) is 6.42 Å². The lowest BCUT2D eigenvalue weighted by Gasteiger charge is -2.04. The Morgan fingerprint density at radius 1 is 1.45 bits per heavy atom. The third kappa shape index (κ3) is 0.970. The maximum absolute atomic E-state index is 10.4. The molecule has 1 fully saturated rings. The standard InChI is InChI=1S/C6H8O5/c7-2-6(5(10)11)1-3(6)4(8)9/h3,7H,1-2H2,(H,8,9)(H,10,11). The number of hydrogen-bond donors (Lipinski definition) is 3. The van der Waals surface area contributed by atoms with E-state index in [4.69, 9.17) is 15.3 Å². The van der Waals surface area contributed by atoms with Crippen molar-refractivity contribution >= 4 is 11.9 Å². The molecule has 0 aromatic heterocycles. The number of aliphatic hydroxyl groups excluding tert-OH is 1. The normalized spacial score (nSPS) is 34.8. The molecule has 0 spiro atoms. The third-order valence-electron chi connectivity index (χ3n) is 2.08. The van der Waals surface area contributed by atoms with Crippen LogP contribution in [-0.2, 0) is 9.59 Å². The van der Waals surface area contributed by atoms with E-state index < -0.39 is 29.9 Å². The Bertz CT molecular complexity index is 211. The molecule has 1 aliphatic carbocycles. The summed E-state index contributed by atoms with van der Waals surface area (Å²) in [6.07, 6.45) is 0.0359. The van der Waals surface area contributed by atoms with Crippen LogP contribution in [0.25, 0.3) is 0 Å². The molecule has 5 nitrogen and oxygen atoms in total. The molecule has 0 aromatic carbocycles. The van der Waals surface area contributed by atoms with Crippen LogP contribution in [0, 0.1) is 11.3 Å². The molecular weight excluding hydrogens is 152 g/mol. The van der Waals surface area contributed by atoms with Crippen molar-refractivity contribution in [2.24, 2.45) is 11.3 Å². The van der Waals surface area contributed by atoms with Gasteiger partial charge in [-0.25, -0.2) is 0 Å². The Labute approximate surface area is 62.3 Å².